The van der Waals surface area contributed by atoms with Crippen molar-refractivity contribution in [1.82, 2.24) is 5.32 Å². The minimum atomic E-state index is -0.0440. The lowest BCUT2D eigenvalue weighted by atomic mass is 9.93. The van der Waals surface area contributed by atoms with Crippen molar-refractivity contribution < 1.29 is 9.47 Å². The van der Waals surface area contributed by atoms with Crippen LogP contribution in [0.2, 0.25) is 0 Å². The van der Waals surface area contributed by atoms with Gasteiger partial charge in [-0.3, -0.25) is 0 Å². The summed E-state index contributed by atoms with van der Waals surface area (Å²) in [4.78, 5) is 0. The van der Waals surface area contributed by atoms with E-state index in [1.807, 2.05) is 6.07 Å². The Balaban J connectivity index is 2.28. The summed E-state index contributed by atoms with van der Waals surface area (Å²) in [7, 11) is 1.72. The Bertz CT molecular complexity index is 427. The number of morpholine rings is 1. The lowest BCUT2D eigenvalue weighted by molar-refractivity contribution is -0.123. The molecule has 1 atom stereocenters. The molecule has 19 heavy (non-hydrogen) atoms. The second-order valence-corrected chi connectivity index (χ2v) is 5.37. The fourth-order valence-electron chi connectivity index (χ4n) is 2.76. The van der Waals surface area contributed by atoms with E-state index in [4.69, 9.17) is 9.47 Å². The molecule has 1 aromatic carbocycles. The molecule has 0 amide bonds. The highest BCUT2D eigenvalue weighted by atomic mass is 16.5. The normalized spacial score (nSPS) is 22.2. The lowest BCUT2D eigenvalue weighted by Crippen LogP contribution is -2.50. The Morgan fingerprint density at radius 2 is 2.11 bits per heavy atom. The maximum Gasteiger partial charge on any atom is 0.124 e. The number of hydrogen-bond acceptors (Lipinski definition) is 3. The van der Waals surface area contributed by atoms with Crippen LogP contribution in [0.25, 0.3) is 0 Å². The summed E-state index contributed by atoms with van der Waals surface area (Å²) in [5.74, 6) is 0.917. The van der Waals surface area contributed by atoms with Gasteiger partial charge < -0.3 is 14.8 Å². The minimum absolute atomic E-state index is 0.0440. The van der Waals surface area contributed by atoms with Crippen molar-refractivity contribution >= 4 is 0 Å². The Morgan fingerprint density at radius 1 is 1.37 bits per heavy atom. The molecule has 0 aliphatic carbocycles. The molecule has 1 saturated heterocycles. The van der Waals surface area contributed by atoms with Gasteiger partial charge >= 0.3 is 0 Å². The van der Waals surface area contributed by atoms with Gasteiger partial charge in [-0.05, 0) is 31.9 Å². The Morgan fingerprint density at radius 3 is 2.74 bits per heavy atom. The molecule has 106 valence electrons. The molecular formula is C16H25NO2. The van der Waals surface area contributed by atoms with Crippen molar-refractivity contribution in [3.63, 3.8) is 0 Å². The van der Waals surface area contributed by atoms with Gasteiger partial charge in [0.2, 0.25) is 0 Å². The number of hydrogen-bond donors (Lipinski definition) is 1. The molecule has 1 aromatic rings. The van der Waals surface area contributed by atoms with E-state index in [2.05, 4.69) is 38.2 Å². The number of rotatable bonds is 4. The van der Waals surface area contributed by atoms with Gasteiger partial charge in [0, 0.05) is 18.7 Å². The van der Waals surface area contributed by atoms with Crippen molar-refractivity contribution in [3.8, 4) is 5.75 Å². The monoisotopic (exact) mass is 263 g/mol. The number of aryl methyl sites for hydroxylation is 1. The highest BCUT2D eigenvalue weighted by molar-refractivity contribution is 5.39. The van der Waals surface area contributed by atoms with Gasteiger partial charge in [0.05, 0.1) is 18.8 Å². The van der Waals surface area contributed by atoms with Gasteiger partial charge in [0.25, 0.3) is 0 Å². The van der Waals surface area contributed by atoms with Gasteiger partial charge in [-0.15, -0.1) is 0 Å². The summed E-state index contributed by atoms with van der Waals surface area (Å²) < 4.78 is 11.9. The van der Waals surface area contributed by atoms with E-state index >= 15 is 0 Å². The van der Waals surface area contributed by atoms with Gasteiger partial charge in [0.1, 0.15) is 5.75 Å². The third-order valence-electron chi connectivity index (χ3n) is 4.19. The summed E-state index contributed by atoms with van der Waals surface area (Å²) in [5, 5.41) is 3.52. The van der Waals surface area contributed by atoms with Crippen molar-refractivity contribution in [1.29, 1.82) is 0 Å². The molecular weight excluding hydrogens is 238 g/mol. The molecule has 2 rings (SSSR count). The SMILES string of the molecule is CCC1(CC)CNCC(c2cc(C)ccc2OC)O1. The predicted octanol–water partition coefficient (Wildman–Crippen LogP) is 3.22. The number of benzene rings is 1. The number of ether oxygens (including phenoxy) is 2. The van der Waals surface area contributed by atoms with Crippen LogP contribution in [0, 0.1) is 6.92 Å². The molecule has 3 nitrogen and oxygen atoms in total. The zero-order chi connectivity index (χ0) is 13.9. The molecule has 1 heterocycles. The largest absolute Gasteiger partial charge is 0.496 e. The molecule has 1 fully saturated rings. The van der Waals surface area contributed by atoms with Crippen LogP contribution in [0.1, 0.15) is 43.9 Å². The van der Waals surface area contributed by atoms with E-state index in [1.165, 1.54) is 5.56 Å². The summed E-state index contributed by atoms with van der Waals surface area (Å²) in [6, 6.07) is 6.28. The highest BCUT2D eigenvalue weighted by Crippen LogP contribution is 2.36. The first-order valence-electron chi connectivity index (χ1n) is 7.17. The fourth-order valence-corrected chi connectivity index (χ4v) is 2.76. The quantitative estimate of drug-likeness (QED) is 0.904. The third kappa shape index (κ3) is 2.93. The zero-order valence-electron chi connectivity index (χ0n) is 12.5. The summed E-state index contributed by atoms with van der Waals surface area (Å²) >= 11 is 0. The second kappa shape index (κ2) is 5.93. The highest BCUT2D eigenvalue weighted by Gasteiger charge is 2.35. The molecule has 1 aliphatic rings. The molecule has 1 N–H and O–H groups in total. The summed E-state index contributed by atoms with van der Waals surface area (Å²) in [6.07, 6.45) is 2.13. The molecule has 0 bridgehead atoms. The van der Waals surface area contributed by atoms with Gasteiger partial charge in [0.15, 0.2) is 0 Å². The lowest BCUT2D eigenvalue weighted by Gasteiger charge is -2.41. The fraction of sp³-hybridized carbons (Fsp3) is 0.625. The van der Waals surface area contributed by atoms with E-state index < -0.39 is 0 Å². The van der Waals surface area contributed by atoms with Crippen LogP contribution < -0.4 is 10.1 Å². The van der Waals surface area contributed by atoms with E-state index in [-0.39, 0.29) is 11.7 Å². The van der Waals surface area contributed by atoms with Crippen LogP contribution >= 0.6 is 0 Å². The van der Waals surface area contributed by atoms with Crippen LogP contribution in [0.15, 0.2) is 18.2 Å². The standard InChI is InChI=1S/C16H25NO2/c1-5-16(6-2)11-17-10-15(19-16)13-9-12(3)7-8-14(13)18-4/h7-9,15,17H,5-6,10-11H2,1-4H3. The summed E-state index contributed by atoms with van der Waals surface area (Å²) in [5.41, 5.74) is 2.35. The third-order valence-corrected chi connectivity index (χ3v) is 4.19. The molecule has 1 unspecified atom stereocenters. The van der Waals surface area contributed by atoms with Crippen molar-refractivity contribution in [3.05, 3.63) is 29.3 Å². The van der Waals surface area contributed by atoms with Crippen LogP contribution in [0.3, 0.4) is 0 Å². The van der Waals surface area contributed by atoms with Crippen molar-refractivity contribution in [2.45, 2.75) is 45.3 Å². The molecule has 0 aromatic heterocycles. The Hall–Kier alpha value is -1.06. The van der Waals surface area contributed by atoms with Crippen LogP contribution in [0.4, 0.5) is 0 Å². The first kappa shape index (κ1) is 14.4. The second-order valence-electron chi connectivity index (χ2n) is 5.37. The van der Waals surface area contributed by atoms with E-state index in [0.29, 0.717) is 0 Å². The van der Waals surface area contributed by atoms with E-state index in [1.54, 1.807) is 7.11 Å². The molecule has 0 radical (unpaired) electrons. The van der Waals surface area contributed by atoms with Crippen LogP contribution in [-0.2, 0) is 4.74 Å². The van der Waals surface area contributed by atoms with E-state index in [0.717, 1.165) is 37.2 Å². The van der Waals surface area contributed by atoms with Gasteiger partial charge in [-0.25, -0.2) is 0 Å². The predicted molar refractivity (Wildman–Crippen MR) is 77.7 cm³/mol. The Kier molecular flexibility index (Phi) is 4.48. The molecule has 1 aliphatic heterocycles. The maximum absolute atomic E-state index is 6.41. The van der Waals surface area contributed by atoms with Gasteiger partial charge in [-0.2, -0.15) is 0 Å². The minimum Gasteiger partial charge on any atom is -0.496 e. The van der Waals surface area contributed by atoms with Crippen molar-refractivity contribution in [2.75, 3.05) is 20.2 Å². The first-order valence-corrected chi connectivity index (χ1v) is 7.17. The van der Waals surface area contributed by atoms with Crippen molar-refractivity contribution in [2.24, 2.45) is 0 Å². The smallest absolute Gasteiger partial charge is 0.124 e. The number of methoxy groups -OCH3 is 1. The maximum atomic E-state index is 6.41. The Labute approximate surface area is 116 Å². The first-order chi connectivity index (χ1) is 9.14. The average molecular weight is 263 g/mol. The zero-order valence-corrected chi connectivity index (χ0v) is 12.5. The molecule has 3 heteroatoms. The van der Waals surface area contributed by atoms with Gasteiger partial charge in [-0.1, -0.05) is 25.5 Å². The average Bonchev–Trinajstić information content (AvgIpc) is 2.47. The topological polar surface area (TPSA) is 30.5 Å². The number of nitrogens with one attached hydrogen (secondary N) is 1. The summed E-state index contributed by atoms with van der Waals surface area (Å²) in [6.45, 7) is 8.28. The van der Waals surface area contributed by atoms with Crippen LogP contribution in [0.5, 0.6) is 5.75 Å². The van der Waals surface area contributed by atoms with Crippen LogP contribution in [-0.4, -0.2) is 25.8 Å². The molecule has 0 saturated carbocycles. The van der Waals surface area contributed by atoms with E-state index in [9.17, 15) is 0 Å². The molecule has 0 spiro atoms.